The molecular formula is C19H26N2O4. The summed E-state index contributed by atoms with van der Waals surface area (Å²) in [5, 5.41) is 8.78. The molecule has 6 nitrogen and oxygen atoms in total. The molecule has 6 heteroatoms. The first-order valence-electron chi connectivity index (χ1n) is 8.38. The highest BCUT2D eigenvalue weighted by molar-refractivity contribution is 6.00. The summed E-state index contributed by atoms with van der Waals surface area (Å²) >= 11 is 0. The van der Waals surface area contributed by atoms with Crippen molar-refractivity contribution >= 4 is 11.8 Å². The molecule has 1 aromatic carbocycles. The summed E-state index contributed by atoms with van der Waals surface area (Å²) in [5.41, 5.74) is -0.185. The van der Waals surface area contributed by atoms with Gasteiger partial charge in [0, 0.05) is 39.1 Å². The normalized spacial score (nSPS) is 22.1. The number of benzene rings is 1. The summed E-state index contributed by atoms with van der Waals surface area (Å²) in [6.45, 7) is 6.18. The quantitative estimate of drug-likeness (QED) is 0.577. The van der Waals surface area contributed by atoms with Crippen molar-refractivity contribution < 1.29 is 19.4 Å². The number of ether oxygens (including phenoxy) is 2. The number of nitrogens with zero attached hydrogens (tertiary/aromatic N) is 2. The van der Waals surface area contributed by atoms with E-state index in [2.05, 4.69) is 11.6 Å². The maximum atomic E-state index is 12.7. The molecule has 2 rings (SSSR count). The van der Waals surface area contributed by atoms with Gasteiger partial charge in [0.15, 0.2) is 5.54 Å². The molecule has 0 saturated carbocycles. The van der Waals surface area contributed by atoms with E-state index in [0.717, 1.165) is 5.56 Å². The van der Waals surface area contributed by atoms with Crippen LogP contribution in [0.2, 0.25) is 0 Å². The van der Waals surface area contributed by atoms with Gasteiger partial charge < -0.3 is 19.5 Å². The molecule has 2 atom stereocenters. The third-order valence-electron chi connectivity index (χ3n) is 4.17. The van der Waals surface area contributed by atoms with Crippen LogP contribution in [0.4, 0.5) is 0 Å². The molecule has 1 aliphatic rings. The molecule has 1 aliphatic heterocycles. The van der Waals surface area contributed by atoms with Crippen molar-refractivity contribution in [1.82, 2.24) is 4.90 Å². The second-order valence-electron chi connectivity index (χ2n) is 6.24. The van der Waals surface area contributed by atoms with E-state index < -0.39 is 5.54 Å². The van der Waals surface area contributed by atoms with Crippen LogP contribution in [0.25, 0.3) is 0 Å². The molecule has 0 spiro atoms. The van der Waals surface area contributed by atoms with Gasteiger partial charge in [-0.05, 0) is 31.2 Å². The lowest BCUT2D eigenvalue weighted by atomic mass is 9.89. The topological polar surface area (TPSA) is 71.4 Å². The van der Waals surface area contributed by atoms with Gasteiger partial charge in [-0.25, -0.2) is 4.99 Å². The molecule has 0 unspecified atom stereocenters. The predicted molar refractivity (Wildman–Crippen MR) is 97.0 cm³/mol. The summed E-state index contributed by atoms with van der Waals surface area (Å²) < 4.78 is 11.4. The molecule has 0 saturated heterocycles. The van der Waals surface area contributed by atoms with Crippen molar-refractivity contribution in [2.75, 3.05) is 27.3 Å². The number of rotatable bonds is 8. The zero-order valence-corrected chi connectivity index (χ0v) is 15.1. The van der Waals surface area contributed by atoms with Gasteiger partial charge in [0.2, 0.25) is 5.90 Å². The minimum atomic E-state index is -0.975. The molecule has 0 radical (unpaired) electrons. The minimum Gasteiger partial charge on any atom is -0.494 e. The second-order valence-corrected chi connectivity index (χ2v) is 6.24. The highest BCUT2D eigenvalue weighted by Gasteiger charge is 2.50. The second kappa shape index (κ2) is 8.16. The molecular weight excluding hydrogens is 320 g/mol. The standard InChI is InChI=1S/C19H26N2O4/c1-5-11-19(18(23)21(3)4)14(2)25-17(20-19)15-7-9-16(10-8-15)24-13-6-12-22/h5,7-10,14,22H,1,6,11-13H2,2-4H3/t14-,19-/m1/s1. The van der Waals surface area contributed by atoms with E-state index in [9.17, 15) is 4.79 Å². The fourth-order valence-electron chi connectivity index (χ4n) is 2.77. The average Bonchev–Trinajstić information content (AvgIpc) is 2.93. The van der Waals surface area contributed by atoms with E-state index in [0.29, 0.717) is 31.1 Å². The van der Waals surface area contributed by atoms with Crippen LogP contribution in [0.15, 0.2) is 41.9 Å². The first-order valence-corrected chi connectivity index (χ1v) is 8.38. The average molecular weight is 346 g/mol. The van der Waals surface area contributed by atoms with E-state index in [4.69, 9.17) is 14.6 Å². The van der Waals surface area contributed by atoms with E-state index in [1.54, 1.807) is 20.2 Å². The zero-order chi connectivity index (χ0) is 18.4. The summed E-state index contributed by atoms with van der Waals surface area (Å²) in [4.78, 5) is 18.9. The number of amides is 1. The van der Waals surface area contributed by atoms with Gasteiger partial charge in [0.1, 0.15) is 11.9 Å². The van der Waals surface area contributed by atoms with Crippen molar-refractivity contribution in [2.45, 2.75) is 31.4 Å². The van der Waals surface area contributed by atoms with Gasteiger partial charge in [-0.2, -0.15) is 0 Å². The molecule has 0 bridgehead atoms. The summed E-state index contributed by atoms with van der Waals surface area (Å²) in [6, 6.07) is 7.35. The Labute approximate surface area is 148 Å². The van der Waals surface area contributed by atoms with Gasteiger partial charge >= 0.3 is 0 Å². The minimum absolute atomic E-state index is 0.0983. The SMILES string of the molecule is C=CC[C@@]1(C(=O)N(C)C)N=C(c2ccc(OCCCO)cc2)O[C@@H]1C. The van der Waals surface area contributed by atoms with E-state index >= 15 is 0 Å². The smallest absolute Gasteiger partial charge is 0.254 e. The lowest BCUT2D eigenvalue weighted by Gasteiger charge is -2.29. The number of hydrogen-bond donors (Lipinski definition) is 1. The van der Waals surface area contributed by atoms with Crippen LogP contribution in [-0.2, 0) is 9.53 Å². The number of hydrogen-bond acceptors (Lipinski definition) is 5. The fourth-order valence-corrected chi connectivity index (χ4v) is 2.77. The lowest BCUT2D eigenvalue weighted by Crippen LogP contribution is -2.50. The molecule has 0 aromatic heterocycles. The third-order valence-corrected chi connectivity index (χ3v) is 4.17. The number of carbonyl (C=O) groups is 1. The third kappa shape index (κ3) is 4.02. The summed E-state index contributed by atoms with van der Waals surface area (Å²) in [5.74, 6) is 1.07. The van der Waals surface area contributed by atoms with Crippen molar-refractivity contribution in [3.63, 3.8) is 0 Å². The fraction of sp³-hybridized carbons (Fsp3) is 0.474. The highest BCUT2D eigenvalue weighted by atomic mass is 16.5. The monoisotopic (exact) mass is 346 g/mol. The molecule has 0 fully saturated rings. The first-order chi connectivity index (χ1) is 11.9. The molecule has 1 N–H and O–H groups in total. The number of aliphatic hydroxyl groups is 1. The number of likely N-dealkylation sites (N-methyl/N-ethyl adjacent to an activating group) is 1. The van der Waals surface area contributed by atoms with Crippen LogP contribution in [0.1, 0.15) is 25.3 Å². The van der Waals surface area contributed by atoms with E-state index in [1.807, 2.05) is 31.2 Å². The maximum absolute atomic E-state index is 12.7. The van der Waals surface area contributed by atoms with Crippen LogP contribution >= 0.6 is 0 Å². The van der Waals surface area contributed by atoms with Gasteiger partial charge in [-0.1, -0.05) is 6.08 Å². The molecule has 136 valence electrons. The Morgan fingerprint density at radius 3 is 2.68 bits per heavy atom. The molecule has 1 aromatic rings. The van der Waals surface area contributed by atoms with Crippen molar-refractivity contribution in [3.8, 4) is 5.75 Å². The molecule has 1 amide bonds. The maximum Gasteiger partial charge on any atom is 0.254 e. The van der Waals surface area contributed by atoms with Crippen LogP contribution in [0, 0.1) is 0 Å². The molecule has 0 aliphatic carbocycles. The van der Waals surface area contributed by atoms with Crippen molar-refractivity contribution in [2.24, 2.45) is 4.99 Å². The zero-order valence-electron chi connectivity index (χ0n) is 15.1. The summed E-state index contributed by atoms with van der Waals surface area (Å²) in [7, 11) is 3.43. The number of aliphatic imine (C=N–C) groups is 1. The Morgan fingerprint density at radius 2 is 2.12 bits per heavy atom. The van der Waals surface area contributed by atoms with Crippen molar-refractivity contribution in [1.29, 1.82) is 0 Å². The van der Waals surface area contributed by atoms with Crippen LogP contribution < -0.4 is 4.74 Å². The van der Waals surface area contributed by atoms with Crippen molar-refractivity contribution in [3.05, 3.63) is 42.5 Å². The Hall–Kier alpha value is -2.34. The Bertz CT molecular complexity index is 639. The Morgan fingerprint density at radius 1 is 1.44 bits per heavy atom. The van der Waals surface area contributed by atoms with Gasteiger partial charge in [-0.15, -0.1) is 6.58 Å². The van der Waals surface area contributed by atoms with E-state index in [1.165, 1.54) is 4.90 Å². The van der Waals surface area contributed by atoms with E-state index in [-0.39, 0.29) is 18.6 Å². The van der Waals surface area contributed by atoms with Gasteiger partial charge in [-0.3, -0.25) is 4.79 Å². The highest BCUT2D eigenvalue weighted by Crippen LogP contribution is 2.33. The molecule has 25 heavy (non-hydrogen) atoms. The number of carbonyl (C=O) groups excluding carboxylic acids is 1. The largest absolute Gasteiger partial charge is 0.494 e. The van der Waals surface area contributed by atoms with Gasteiger partial charge in [0.25, 0.3) is 5.91 Å². The van der Waals surface area contributed by atoms with Gasteiger partial charge in [0.05, 0.1) is 6.61 Å². The Kier molecular flexibility index (Phi) is 6.20. The summed E-state index contributed by atoms with van der Waals surface area (Å²) in [6.07, 6.45) is 2.32. The Balaban J connectivity index is 2.24. The van der Waals surface area contributed by atoms with Crippen LogP contribution in [0.3, 0.4) is 0 Å². The lowest BCUT2D eigenvalue weighted by molar-refractivity contribution is -0.136. The molecule has 1 heterocycles. The van der Waals surface area contributed by atoms with Crippen LogP contribution in [0.5, 0.6) is 5.75 Å². The number of aliphatic hydroxyl groups excluding tert-OH is 1. The first kappa shape index (κ1) is 19.0. The predicted octanol–water partition coefficient (Wildman–Crippen LogP) is 2.02. The van der Waals surface area contributed by atoms with Crippen LogP contribution in [-0.4, -0.2) is 60.8 Å².